The summed E-state index contributed by atoms with van der Waals surface area (Å²) in [5.74, 6) is 1.20. The molecule has 5 rings (SSSR count). The molecule has 0 spiro atoms. The molecule has 1 fully saturated rings. The average Bonchev–Trinajstić information content (AvgIpc) is 2.94. The van der Waals surface area contributed by atoms with Gasteiger partial charge in [0.25, 0.3) is 5.91 Å². The van der Waals surface area contributed by atoms with Gasteiger partial charge in [-0.15, -0.1) is 0 Å². The van der Waals surface area contributed by atoms with Gasteiger partial charge in [0, 0.05) is 51.4 Å². The van der Waals surface area contributed by atoms with Gasteiger partial charge in [0.15, 0.2) is 0 Å². The van der Waals surface area contributed by atoms with Gasteiger partial charge in [0.05, 0.1) is 18.2 Å². The minimum absolute atomic E-state index is 0.100. The average molecular weight is 466 g/mol. The minimum Gasteiger partial charge on any atom is -0.491 e. The molecule has 0 unspecified atom stereocenters. The van der Waals surface area contributed by atoms with Crippen LogP contribution in [0.3, 0.4) is 0 Å². The first kappa shape index (κ1) is 23.1. The van der Waals surface area contributed by atoms with Crippen molar-refractivity contribution in [2.45, 2.75) is 45.1 Å². The van der Waals surface area contributed by atoms with Crippen molar-refractivity contribution in [3.63, 3.8) is 0 Å². The lowest BCUT2D eigenvalue weighted by Crippen LogP contribution is -2.56. The molecular formula is C27H35N3O4. The second-order valence-electron chi connectivity index (χ2n) is 9.95. The minimum atomic E-state index is -0.610. The number of carbonyl (C=O) groups is 1. The summed E-state index contributed by atoms with van der Waals surface area (Å²) < 4.78 is 12.0. The predicted molar refractivity (Wildman–Crippen MR) is 130 cm³/mol. The van der Waals surface area contributed by atoms with Crippen molar-refractivity contribution in [3.05, 3.63) is 59.2 Å². The molecule has 1 saturated heterocycles. The summed E-state index contributed by atoms with van der Waals surface area (Å²) >= 11 is 0. The number of β-amino-alcohol motifs (C(OH)–C–C–N with tert-alkyl or cyclic N) is 1. The number of carbonyl (C=O) groups excluding carboxylic acids is 1. The number of hydrogen-bond acceptors (Lipinski definition) is 6. The molecule has 0 aromatic heterocycles. The third kappa shape index (κ3) is 5.06. The summed E-state index contributed by atoms with van der Waals surface area (Å²) in [6.07, 6.45) is 0.560. The Morgan fingerprint density at radius 1 is 1.09 bits per heavy atom. The number of ether oxygens (including phenoxy) is 2. The smallest absolute Gasteiger partial charge is 0.257 e. The Morgan fingerprint density at radius 3 is 2.68 bits per heavy atom. The second-order valence-corrected chi connectivity index (χ2v) is 9.95. The van der Waals surface area contributed by atoms with Crippen LogP contribution in [0.25, 0.3) is 0 Å². The Morgan fingerprint density at radius 2 is 1.88 bits per heavy atom. The number of aliphatic hydroxyl groups excluding tert-OH is 1. The van der Waals surface area contributed by atoms with Crippen LogP contribution in [-0.4, -0.2) is 89.8 Å². The van der Waals surface area contributed by atoms with Gasteiger partial charge in [-0.25, -0.2) is 0 Å². The van der Waals surface area contributed by atoms with E-state index in [0.717, 1.165) is 38.3 Å². The van der Waals surface area contributed by atoms with Gasteiger partial charge in [-0.3, -0.25) is 14.6 Å². The largest absolute Gasteiger partial charge is 0.491 e. The molecule has 2 aromatic rings. The molecule has 0 saturated carbocycles. The van der Waals surface area contributed by atoms with Crippen molar-refractivity contribution < 1.29 is 19.4 Å². The van der Waals surface area contributed by atoms with Gasteiger partial charge in [-0.2, -0.15) is 0 Å². The summed E-state index contributed by atoms with van der Waals surface area (Å²) in [6, 6.07) is 14.5. The van der Waals surface area contributed by atoms with E-state index in [0.29, 0.717) is 43.6 Å². The zero-order valence-corrected chi connectivity index (χ0v) is 20.2. The van der Waals surface area contributed by atoms with Crippen molar-refractivity contribution in [1.82, 2.24) is 14.7 Å². The van der Waals surface area contributed by atoms with Crippen LogP contribution in [0.15, 0.2) is 42.5 Å². The number of hydrogen-bond donors (Lipinski definition) is 1. The van der Waals surface area contributed by atoms with Crippen LogP contribution in [0, 0.1) is 0 Å². The van der Waals surface area contributed by atoms with Gasteiger partial charge < -0.3 is 19.5 Å². The monoisotopic (exact) mass is 465 g/mol. The molecule has 3 aliphatic rings. The first-order valence-electron chi connectivity index (χ1n) is 12.4. The lowest BCUT2D eigenvalue weighted by Gasteiger charge is -2.41. The van der Waals surface area contributed by atoms with E-state index in [4.69, 9.17) is 9.47 Å². The number of amides is 1. The van der Waals surface area contributed by atoms with Crippen LogP contribution in [0.4, 0.5) is 0 Å². The summed E-state index contributed by atoms with van der Waals surface area (Å²) in [4.78, 5) is 19.6. The van der Waals surface area contributed by atoms with Gasteiger partial charge in [-0.1, -0.05) is 24.3 Å². The number of fused-ring (bicyclic) bond motifs is 2. The van der Waals surface area contributed by atoms with Gasteiger partial charge in [0.2, 0.25) is 0 Å². The van der Waals surface area contributed by atoms with Crippen LogP contribution in [0.5, 0.6) is 11.5 Å². The second kappa shape index (κ2) is 9.94. The van der Waals surface area contributed by atoms with Gasteiger partial charge in [-0.05, 0) is 43.5 Å². The molecule has 182 valence electrons. The number of aliphatic hydroxyl groups is 1. The standard InChI is InChI=1S/C27H35N3O4/c1-19(2)30-17-24(18-30)34-23-7-8-25-26(13-23)33-12-11-29(27(25)32)16-22(31)15-28-10-9-20-5-3-4-6-21(20)14-28/h3-8,13,19,22,24,31H,9-12,14-18H2,1-2H3/t22-/m1/s1. The predicted octanol–water partition coefficient (Wildman–Crippen LogP) is 2.41. The molecule has 7 nitrogen and oxygen atoms in total. The molecule has 7 heteroatoms. The Balaban J connectivity index is 1.17. The fourth-order valence-electron chi connectivity index (χ4n) is 5.06. The molecule has 1 amide bonds. The molecule has 3 aliphatic heterocycles. The molecule has 34 heavy (non-hydrogen) atoms. The number of nitrogens with zero attached hydrogens (tertiary/aromatic N) is 3. The van der Waals surface area contributed by atoms with Crippen LogP contribution in [0.1, 0.15) is 35.3 Å². The number of rotatable bonds is 7. The Kier molecular flexibility index (Phi) is 6.77. The van der Waals surface area contributed by atoms with Crippen molar-refractivity contribution in [2.75, 3.05) is 45.9 Å². The van der Waals surface area contributed by atoms with Gasteiger partial charge in [0.1, 0.15) is 24.2 Å². The SMILES string of the molecule is CC(C)N1CC(Oc2ccc3c(c2)OCCN(C[C@H](O)CN2CCc4ccccc4C2)C3=O)C1. The summed E-state index contributed by atoms with van der Waals surface area (Å²) in [5.41, 5.74) is 3.25. The molecule has 1 atom stereocenters. The topological polar surface area (TPSA) is 65.5 Å². The molecule has 1 N–H and O–H groups in total. The van der Waals surface area contributed by atoms with E-state index < -0.39 is 6.10 Å². The molecule has 2 aromatic carbocycles. The summed E-state index contributed by atoms with van der Waals surface area (Å²) in [7, 11) is 0. The Hall–Kier alpha value is -2.61. The van der Waals surface area contributed by atoms with E-state index in [-0.39, 0.29) is 12.0 Å². The van der Waals surface area contributed by atoms with Crippen LogP contribution < -0.4 is 9.47 Å². The van der Waals surface area contributed by atoms with E-state index >= 15 is 0 Å². The number of benzene rings is 2. The third-order valence-electron chi connectivity index (χ3n) is 7.11. The van der Waals surface area contributed by atoms with E-state index in [1.807, 2.05) is 12.1 Å². The Labute approximate surface area is 201 Å². The maximum absolute atomic E-state index is 13.2. The van der Waals surface area contributed by atoms with E-state index in [1.165, 1.54) is 11.1 Å². The van der Waals surface area contributed by atoms with E-state index in [2.05, 4.69) is 47.9 Å². The lowest BCUT2D eigenvalue weighted by atomic mass is 10.00. The first-order chi connectivity index (χ1) is 16.5. The highest BCUT2D eigenvalue weighted by atomic mass is 16.5. The van der Waals surface area contributed by atoms with Crippen molar-refractivity contribution in [2.24, 2.45) is 0 Å². The fraction of sp³-hybridized carbons (Fsp3) is 0.519. The summed E-state index contributed by atoms with van der Waals surface area (Å²) in [6.45, 7) is 9.67. The van der Waals surface area contributed by atoms with Crippen LogP contribution >= 0.6 is 0 Å². The normalized spacial score (nSPS) is 20.2. The summed E-state index contributed by atoms with van der Waals surface area (Å²) in [5, 5.41) is 10.8. The van der Waals surface area contributed by atoms with Crippen LogP contribution in [-0.2, 0) is 13.0 Å². The third-order valence-corrected chi connectivity index (χ3v) is 7.11. The zero-order valence-electron chi connectivity index (χ0n) is 20.2. The first-order valence-corrected chi connectivity index (χ1v) is 12.4. The van der Waals surface area contributed by atoms with Crippen molar-refractivity contribution in [3.8, 4) is 11.5 Å². The molecule has 3 heterocycles. The molecule has 0 bridgehead atoms. The molecule has 0 radical (unpaired) electrons. The number of likely N-dealkylation sites (tertiary alicyclic amines) is 1. The quantitative estimate of drug-likeness (QED) is 0.678. The maximum atomic E-state index is 13.2. The van der Waals surface area contributed by atoms with Crippen molar-refractivity contribution >= 4 is 5.91 Å². The molecule has 0 aliphatic carbocycles. The highest BCUT2D eigenvalue weighted by Crippen LogP contribution is 2.30. The maximum Gasteiger partial charge on any atom is 0.257 e. The van der Waals surface area contributed by atoms with Gasteiger partial charge >= 0.3 is 0 Å². The van der Waals surface area contributed by atoms with E-state index in [9.17, 15) is 9.90 Å². The fourth-order valence-corrected chi connectivity index (χ4v) is 5.06. The highest BCUT2D eigenvalue weighted by molar-refractivity contribution is 5.97. The van der Waals surface area contributed by atoms with E-state index in [1.54, 1.807) is 11.0 Å². The zero-order chi connectivity index (χ0) is 23.7. The molecular weight excluding hydrogens is 430 g/mol. The highest BCUT2D eigenvalue weighted by Gasteiger charge is 2.31. The van der Waals surface area contributed by atoms with Crippen molar-refractivity contribution in [1.29, 1.82) is 0 Å². The Bertz CT molecular complexity index is 1020. The lowest BCUT2D eigenvalue weighted by molar-refractivity contribution is 0.0000435. The van der Waals surface area contributed by atoms with Crippen LogP contribution in [0.2, 0.25) is 0 Å².